The number of hydrogen-bond acceptors (Lipinski definition) is 7. The molecule has 0 atom stereocenters. The minimum absolute atomic E-state index is 0.00668. The second kappa shape index (κ2) is 10.5. The third-order valence-corrected chi connectivity index (χ3v) is 4.75. The lowest BCUT2D eigenvalue weighted by atomic mass is 10.1. The number of carbonyl (C=O) groups excluding carboxylic acids is 2. The number of nitrogens with zero attached hydrogens (tertiary/aromatic N) is 5. The molecule has 35 heavy (non-hydrogen) atoms. The number of aromatic nitrogens is 5. The highest BCUT2D eigenvalue weighted by molar-refractivity contribution is 6.17. The number of alkyl halides is 1. The highest BCUT2D eigenvalue weighted by Crippen LogP contribution is 2.26. The van der Waals surface area contributed by atoms with Gasteiger partial charge in [-0.3, -0.25) is 5.32 Å². The van der Waals surface area contributed by atoms with Crippen molar-refractivity contribution in [3.63, 3.8) is 0 Å². The molecule has 0 saturated heterocycles. The van der Waals surface area contributed by atoms with Crippen molar-refractivity contribution in [1.29, 1.82) is 0 Å². The maximum atomic E-state index is 13.1. The van der Waals surface area contributed by atoms with E-state index in [0.717, 1.165) is 24.2 Å². The van der Waals surface area contributed by atoms with Crippen LogP contribution in [0.1, 0.15) is 53.7 Å². The van der Waals surface area contributed by atoms with E-state index in [1.807, 2.05) is 30.5 Å². The Kier molecular flexibility index (Phi) is 7.84. The van der Waals surface area contributed by atoms with Gasteiger partial charge in [0.25, 0.3) is 0 Å². The van der Waals surface area contributed by atoms with Gasteiger partial charge in [0.2, 0.25) is 5.95 Å². The normalized spacial score (nSPS) is 11.9. The van der Waals surface area contributed by atoms with Crippen molar-refractivity contribution in [2.45, 2.75) is 65.6 Å². The Balaban J connectivity index is 1.91. The van der Waals surface area contributed by atoms with Gasteiger partial charge in [0.05, 0.1) is 29.5 Å². The minimum atomic E-state index is -0.750. The van der Waals surface area contributed by atoms with Crippen LogP contribution >= 0.6 is 11.6 Å². The molecule has 0 unspecified atom stereocenters. The standard InChI is InChI=1S/C24H31ClN6O4/c1-23(2,3)34-21(32)27-20-26-14-19(31(20)22(33)35-24(4,5)6)16-9-11-18(12-10-16)30-15-17(28-29-30)8-7-13-25/h9-12,14-15H,7-8,13H2,1-6H3,(H,26,27,32). The largest absolute Gasteiger partial charge is 0.444 e. The first-order valence-electron chi connectivity index (χ1n) is 11.3. The molecular formula is C24H31ClN6O4. The summed E-state index contributed by atoms with van der Waals surface area (Å²) >= 11 is 5.75. The lowest BCUT2D eigenvalue weighted by molar-refractivity contribution is 0.0542. The average Bonchev–Trinajstić information content (AvgIpc) is 3.37. The molecule has 10 nitrogen and oxygen atoms in total. The van der Waals surface area contributed by atoms with Crippen LogP contribution in [0.4, 0.5) is 15.5 Å². The lowest BCUT2D eigenvalue weighted by Gasteiger charge is -2.22. The van der Waals surface area contributed by atoms with Crippen LogP contribution in [0, 0.1) is 0 Å². The van der Waals surface area contributed by atoms with Gasteiger partial charge in [0.15, 0.2) is 0 Å². The Bertz CT molecular complexity index is 1170. The minimum Gasteiger partial charge on any atom is -0.444 e. The van der Waals surface area contributed by atoms with E-state index in [4.69, 9.17) is 21.1 Å². The number of halogens is 1. The summed E-state index contributed by atoms with van der Waals surface area (Å²) in [6, 6.07) is 7.35. The van der Waals surface area contributed by atoms with Crippen molar-refractivity contribution in [1.82, 2.24) is 24.5 Å². The Morgan fingerprint density at radius 3 is 2.29 bits per heavy atom. The number of imidazole rings is 1. The average molecular weight is 503 g/mol. The molecule has 0 saturated carbocycles. The van der Waals surface area contributed by atoms with Gasteiger partial charge in [0, 0.05) is 11.4 Å². The van der Waals surface area contributed by atoms with E-state index >= 15 is 0 Å². The summed E-state index contributed by atoms with van der Waals surface area (Å²) in [5, 5.41) is 10.9. The zero-order chi connectivity index (χ0) is 25.8. The van der Waals surface area contributed by atoms with Gasteiger partial charge in [-0.15, -0.1) is 16.7 Å². The Labute approximate surface area is 209 Å². The number of aryl methyl sites for hydroxylation is 1. The zero-order valence-electron chi connectivity index (χ0n) is 20.8. The maximum absolute atomic E-state index is 13.1. The Hall–Kier alpha value is -3.40. The highest BCUT2D eigenvalue weighted by atomic mass is 35.5. The topological polar surface area (TPSA) is 113 Å². The van der Waals surface area contributed by atoms with E-state index in [2.05, 4.69) is 20.6 Å². The Morgan fingerprint density at radius 2 is 1.69 bits per heavy atom. The van der Waals surface area contributed by atoms with E-state index in [0.29, 0.717) is 17.1 Å². The van der Waals surface area contributed by atoms with Gasteiger partial charge in [-0.2, -0.15) is 0 Å². The zero-order valence-corrected chi connectivity index (χ0v) is 21.6. The first-order chi connectivity index (χ1) is 16.4. The lowest BCUT2D eigenvalue weighted by Crippen LogP contribution is -2.31. The van der Waals surface area contributed by atoms with Gasteiger partial charge in [-0.25, -0.2) is 23.8 Å². The van der Waals surface area contributed by atoms with Crippen molar-refractivity contribution < 1.29 is 19.1 Å². The molecule has 0 aliphatic heterocycles. The summed E-state index contributed by atoms with van der Waals surface area (Å²) in [5.74, 6) is 0.560. The monoisotopic (exact) mass is 502 g/mol. The van der Waals surface area contributed by atoms with Gasteiger partial charge in [-0.05, 0) is 66.5 Å². The first kappa shape index (κ1) is 26.2. The van der Waals surface area contributed by atoms with Crippen molar-refractivity contribution >= 4 is 29.7 Å². The van der Waals surface area contributed by atoms with Gasteiger partial charge in [0.1, 0.15) is 11.2 Å². The molecule has 1 N–H and O–H groups in total. The van der Waals surface area contributed by atoms with Gasteiger partial charge in [-0.1, -0.05) is 17.3 Å². The molecule has 0 spiro atoms. The van der Waals surface area contributed by atoms with Gasteiger partial charge >= 0.3 is 12.2 Å². The molecule has 0 aliphatic carbocycles. The first-order valence-corrected chi connectivity index (χ1v) is 11.8. The SMILES string of the molecule is CC(C)(C)OC(=O)Nc1ncc(-c2ccc(-n3cc(CCCCl)nn3)cc2)n1C(=O)OC(C)(C)C. The summed E-state index contributed by atoms with van der Waals surface area (Å²) in [4.78, 5) is 29.6. The molecule has 0 fully saturated rings. The maximum Gasteiger partial charge on any atom is 0.421 e. The van der Waals surface area contributed by atoms with Crippen LogP contribution in [0.5, 0.6) is 0 Å². The second-order valence-corrected chi connectivity index (χ2v) is 10.3. The molecule has 1 aromatic carbocycles. The van der Waals surface area contributed by atoms with Crippen LogP contribution in [-0.4, -0.2) is 53.8 Å². The fraction of sp³-hybridized carbons (Fsp3) is 0.458. The predicted molar refractivity (Wildman–Crippen MR) is 133 cm³/mol. The summed E-state index contributed by atoms with van der Waals surface area (Å²) in [7, 11) is 0. The van der Waals surface area contributed by atoms with Crippen molar-refractivity contribution in [3.05, 3.63) is 42.4 Å². The van der Waals surface area contributed by atoms with Crippen molar-refractivity contribution in [2.75, 3.05) is 11.2 Å². The molecular weight excluding hydrogens is 472 g/mol. The van der Waals surface area contributed by atoms with Crippen LogP contribution in [0.15, 0.2) is 36.7 Å². The van der Waals surface area contributed by atoms with Crippen LogP contribution < -0.4 is 5.32 Å². The van der Waals surface area contributed by atoms with Gasteiger partial charge < -0.3 is 9.47 Å². The molecule has 3 aromatic rings. The van der Waals surface area contributed by atoms with E-state index in [9.17, 15) is 9.59 Å². The molecule has 11 heteroatoms. The number of nitrogens with one attached hydrogen (secondary N) is 1. The highest BCUT2D eigenvalue weighted by Gasteiger charge is 2.26. The number of hydrogen-bond donors (Lipinski definition) is 1. The summed E-state index contributed by atoms with van der Waals surface area (Å²) in [6.45, 7) is 10.5. The van der Waals surface area contributed by atoms with Crippen molar-refractivity contribution in [2.24, 2.45) is 0 Å². The molecule has 0 radical (unpaired) electrons. The second-order valence-electron chi connectivity index (χ2n) is 9.90. The molecule has 188 valence electrons. The number of benzene rings is 1. The molecule has 0 aliphatic rings. The fourth-order valence-corrected chi connectivity index (χ4v) is 3.24. The van der Waals surface area contributed by atoms with Crippen LogP contribution in [0.25, 0.3) is 16.9 Å². The molecule has 3 rings (SSSR count). The number of anilines is 1. The summed E-state index contributed by atoms with van der Waals surface area (Å²) < 4.78 is 13.7. The van der Waals surface area contributed by atoms with E-state index < -0.39 is 23.4 Å². The van der Waals surface area contributed by atoms with Crippen LogP contribution in [-0.2, 0) is 15.9 Å². The Morgan fingerprint density at radius 1 is 1.03 bits per heavy atom. The molecule has 2 heterocycles. The quantitative estimate of drug-likeness (QED) is 0.447. The number of ether oxygens (including phenoxy) is 2. The smallest absolute Gasteiger partial charge is 0.421 e. The third kappa shape index (κ3) is 7.29. The van der Waals surface area contributed by atoms with Crippen LogP contribution in [0.2, 0.25) is 0 Å². The van der Waals surface area contributed by atoms with E-state index in [1.54, 1.807) is 46.2 Å². The fourth-order valence-electron chi connectivity index (χ4n) is 3.10. The predicted octanol–water partition coefficient (Wildman–Crippen LogP) is 5.43. The van der Waals surface area contributed by atoms with E-state index in [-0.39, 0.29) is 5.95 Å². The number of amides is 1. The summed E-state index contributed by atoms with van der Waals surface area (Å²) in [5.41, 5.74) is 1.33. The van der Waals surface area contributed by atoms with Crippen molar-refractivity contribution in [3.8, 4) is 16.9 Å². The van der Waals surface area contributed by atoms with E-state index in [1.165, 1.54) is 10.8 Å². The molecule has 2 aromatic heterocycles. The molecule has 0 bridgehead atoms. The summed E-state index contributed by atoms with van der Waals surface area (Å²) in [6.07, 6.45) is 3.52. The molecule has 1 amide bonds. The third-order valence-electron chi connectivity index (χ3n) is 4.49. The number of carbonyl (C=O) groups is 2. The van der Waals surface area contributed by atoms with Crippen LogP contribution in [0.3, 0.4) is 0 Å². The number of rotatable bonds is 6.